The van der Waals surface area contributed by atoms with E-state index in [0.29, 0.717) is 4.64 Å². The molecule has 0 spiro atoms. The van der Waals surface area contributed by atoms with E-state index in [1.54, 1.807) is 0 Å². The summed E-state index contributed by atoms with van der Waals surface area (Å²) in [6.07, 6.45) is -3.36. The lowest BCUT2D eigenvalue weighted by molar-refractivity contribution is -0.112. The van der Waals surface area contributed by atoms with Crippen molar-refractivity contribution in [2.45, 2.75) is 24.1 Å². The number of aliphatic hydroxyl groups is 2. The van der Waals surface area contributed by atoms with Crippen molar-refractivity contribution < 1.29 is 23.7 Å². The molecule has 0 aromatic carbocycles. The van der Waals surface area contributed by atoms with Gasteiger partial charge in [0.05, 0.1) is 6.61 Å². The van der Waals surface area contributed by atoms with Crippen LogP contribution in [0.15, 0.2) is 12.3 Å². The lowest BCUT2D eigenvalue weighted by Gasteiger charge is -2.28. The van der Waals surface area contributed by atoms with Crippen LogP contribution in [0.1, 0.15) is 6.23 Å². The molecule has 19 heavy (non-hydrogen) atoms. The van der Waals surface area contributed by atoms with Crippen LogP contribution in [-0.2, 0) is 4.74 Å². The van der Waals surface area contributed by atoms with Crippen molar-refractivity contribution in [2.24, 2.45) is 0 Å². The van der Waals surface area contributed by atoms with Gasteiger partial charge in [0, 0.05) is 6.20 Å². The molecule has 0 amide bonds. The molecule has 1 aliphatic rings. The number of ether oxygens (including phenoxy) is 1. The summed E-state index contributed by atoms with van der Waals surface area (Å²) in [5.41, 5.74) is -2.40. The van der Waals surface area contributed by atoms with Crippen LogP contribution < -0.4 is 0 Å². The highest BCUT2D eigenvalue weighted by atomic mass is 32.1. The number of halogens is 2. The van der Waals surface area contributed by atoms with E-state index in [1.165, 1.54) is 16.8 Å². The Labute approximate surface area is 117 Å². The molecule has 9 heteroatoms. The van der Waals surface area contributed by atoms with Crippen LogP contribution in [0, 0.1) is 9.41 Å². The van der Waals surface area contributed by atoms with Crippen LogP contribution in [0.2, 0.25) is 0 Å². The number of nitrogens with zero attached hydrogens (tertiary/aromatic N) is 1. The predicted octanol–water partition coefficient (Wildman–Crippen LogP) is 1.20. The standard InChI is InChI=1S/C10H12F2N2O3S2/c11-4-10(16)7(12)5(3-15)17-8(10)14-2-1-6(18)13-9(14)19/h1-2,5,7-8,15-16H,3-4H2,(H,13,18,19)/t5-,7?,8-,10-/m1/s1. The lowest BCUT2D eigenvalue weighted by atomic mass is 9.97. The Balaban J connectivity index is 2.48. The van der Waals surface area contributed by atoms with Gasteiger partial charge in [-0.15, -0.1) is 0 Å². The summed E-state index contributed by atoms with van der Waals surface area (Å²) in [5, 5.41) is 19.1. The molecule has 4 atom stereocenters. The zero-order chi connectivity index (χ0) is 14.2. The Bertz CT molecular complexity index is 578. The summed E-state index contributed by atoms with van der Waals surface area (Å²) >= 11 is 9.84. The number of nitrogens with one attached hydrogen (secondary N) is 1. The molecule has 3 N–H and O–H groups in total. The molecule has 1 fully saturated rings. The topological polar surface area (TPSA) is 70.4 Å². The Morgan fingerprint density at radius 3 is 2.74 bits per heavy atom. The van der Waals surface area contributed by atoms with E-state index in [-0.39, 0.29) is 4.77 Å². The largest absolute Gasteiger partial charge is 0.394 e. The molecule has 0 bridgehead atoms. The summed E-state index contributed by atoms with van der Waals surface area (Å²) in [6, 6.07) is 1.45. The van der Waals surface area contributed by atoms with Gasteiger partial charge < -0.3 is 19.9 Å². The summed E-state index contributed by atoms with van der Waals surface area (Å²) < 4.78 is 33.7. The maximum absolute atomic E-state index is 13.9. The Morgan fingerprint density at radius 1 is 1.53 bits per heavy atom. The SMILES string of the molecule is OC[C@H]1O[C@@H](n2ccc(=S)[nH]c2=S)[C@@](O)(CF)C1F. The number of hydrogen-bond acceptors (Lipinski definition) is 5. The second-order valence-electron chi connectivity index (χ2n) is 4.25. The van der Waals surface area contributed by atoms with Crippen molar-refractivity contribution in [3.63, 3.8) is 0 Å². The minimum absolute atomic E-state index is 0.0650. The van der Waals surface area contributed by atoms with Crippen LogP contribution in [-0.4, -0.2) is 50.9 Å². The van der Waals surface area contributed by atoms with E-state index in [2.05, 4.69) is 4.98 Å². The van der Waals surface area contributed by atoms with Crippen molar-refractivity contribution in [1.82, 2.24) is 9.55 Å². The van der Waals surface area contributed by atoms with Crippen LogP contribution in [0.25, 0.3) is 0 Å². The smallest absolute Gasteiger partial charge is 0.180 e. The number of aromatic amines is 1. The first-order valence-corrected chi connectivity index (χ1v) is 6.26. The average molecular weight is 310 g/mol. The van der Waals surface area contributed by atoms with Crippen LogP contribution in [0.4, 0.5) is 8.78 Å². The molecular formula is C10H12F2N2O3S2. The molecule has 1 aromatic rings. The molecule has 2 rings (SSSR count). The number of aromatic nitrogens is 2. The van der Waals surface area contributed by atoms with Crippen molar-refractivity contribution in [3.8, 4) is 0 Å². The van der Waals surface area contributed by atoms with E-state index in [1.807, 2.05) is 0 Å². The highest BCUT2D eigenvalue weighted by Gasteiger charge is 2.57. The predicted molar refractivity (Wildman–Crippen MR) is 67.3 cm³/mol. The molecular weight excluding hydrogens is 298 g/mol. The normalized spacial score (nSPS) is 34.6. The number of rotatable bonds is 3. The van der Waals surface area contributed by atoms with Gasteiger partial charge in [0.25, 0.3) is 0 Å². The van der Waals surface area contributed by atoms with Crippen LogP contribution >= 0.6 is 24.4 Å². The second kappa shape index (κ2) is 5.33. The monoisotopic (exact) mass is 310 g/mol. The maximum atomic E-state index is 13.9. The molecule has 5 nitrogen and oxygen atoms in total. The lowest BCUT2D eigenvalue weighted by Crippen LogP contribution is -2.46. The minimum Gasteiger partial charge on any atom is -0.394 e. The van der Waals surface area contributed by atoms with Gasteiger partial charge in [0.1, 0.15) is 17.4 Å². The minimum atomic E-state index is -2.40. The average Bonchev–Trinajstić information content (AvgIpc) is 2.63. The van der Waals surface area contributed by atoms with E-state index >= 15 is 0 Å². The fourth-order valence-electron chi connectivity index (χ4n) is 2.00. The van der Waals surface area contributed by atoms with Crippen molar-refractivity contribution in [2.75, 3.05) is 13.3 Å². The van der Waals surface area contributed by atoms with Crippen molar-refractivity contribution in [1.29, 1.82) is 0 Å². The third-order valence-electron chi connectivity index (χ3n) is 3.03. The molecule has 0 saturated carbocycles. The van der Waals surface area contributed by atoms with Gasteiger partial charge in [-0.2, -0.15) is 0 Å². The van der Waals surface area contributed by atoms with Crippen LogP contribution in [0.5, 0.6) is 0 Å². The summed E-state index contributed by atoms with van der Waals surface area (Å²) in [5.74, 6) is 0. The van der Waals surface area contributed by atoms with Crippen molar-refractivity contribution >= 4 is 24.4 Å². The van der Waals surface area contributed by atoms with E-state index in [0.717, 1.165) is 0 Å². The molecule has 1 unspecified atom stereocenters. The van der Waals surface area contributed by atoms with Gasteiger partial charge in [-0.1, -0.05) is 12.2 Å². The van der Waals surface area contributed by atoms with Gasteiger partial charge >= 0.3 is 0 Å². The Hall–Kier alpha value is -0.740. The van der Waals surface area contributed by atoms with E-state index in [9.17, 15) is 13.9 Å². The highest BCUT2D eigenvalue weighted by molar-refractivity contribution is 7.72. The van der Waals surface area contributed by atoms with Crippen molar-refractivity contribution in [3.05, 3.63) is 21.7 Å². The fourth-order valence-corrected chi connectivity index (χ4v) is 2.49. The molecule has 1 aliphatic heterocycles. The van der Waals surface area contributed by atoms with Crippen LogP contribution in [0.3, 0.4) is 0 Å². The summed E-state index contributed by atoms with van der Waals surface area (Å²) in [7, 11) is 0. The van der Waals surface area contributed by atoms with E-state index in [4.69, 9.17) is 34.3 Å². The third-order valence-corrected chi connectivity index (χ3v) is 3.58. The molecule has 0 aliphatic carbocycles. The number of alkyl halides is 2. The summed E-state index contributed by atoms with van der Waals surface area (Å²) in [4.78, 5) is 2.62. The molecule has 2 heterocycles. The van der Waals surface area contributed by atoms with Gasteiger partial charge in [-0.3, -0.25) is 4.57 Å². The first-order chi connectivity index (χ1) is 8.93. The zero-order valence-electron chi connectivity index (χ0n) is 9.62. The molecule has 106 valence electrons. The Kier molecular flexibility index (Phi) is 4.11. The first kappa shape index (κ1) is 14.7. The highest BCUT2D eigenvalue weighted by Crippen LogP contribution is 2.40. The molecule has 0 radical (unpaired) electrons. The number of H-pyrrole nitrogens is 1. The fraction of sp³-hybridized carbons (Fsp3) is 0.600. The number of hydrogen-bond donors (Lipinski definition) is 3. The quantitative estimate of drug-likeness (QED) is 0.732. The molecule has 1 aromatic heterocycles. The summed E-state index contributed by atoms with van der Waals surface area (Å²) in [6.45, 7) is -2.04. The zero-order valence-corrected chi connectivity index (χ0v) is 11.3. The van der Waals surface area contributed by atoms with Gasteiger partial charge in [0.15, 0.2) is 22.8 Å². The maximum Gasteiger partial charge on any atom is 0.180 e. The first-order valence-electron chi connectivity index (χ1n) is 5.44. The van der Waals surface area contributed by atoms with Gasteiger partial charge in [-0.05, 0) is 18.3 Å². The Morgan fingerprint density at radius 2 is 2.21 bits per heavy atom. The van der Waals surface area contributed by atoms with E-state index < -0.39 is 37.4 Å². The van der Waals surface area contributed by atoms with Gasteiger partial charge in [0.2, 0.25) is 0 Å². The third kappa shape index (κ3) is 2.36. The number of aliphatic hydroxyl groups excluding tert-OH is 1. The molecule has 1 saturated heterocycles. The van der Waals surface area contributed by atoms with Gasteiger partial charge in [-0.25, -0.2) is 8.78 Å². The second-order valence-corrected chi connectivity index (χ2v) is 5.08.